The number of amides is 1. The highest BCUT2D eigenvalue weighted by molar-refractivity contribution is 9.10. The van der Waals surface area contributed by atoms with Crippen molar-refractivity contribution in [1.82, 2.24) is 9.97 Å². The second-order valence-corrected chi connectivity index (χ2v) is 4.82. The summed E-state index contributed by atoms with van der Waals surface area (Å²) >= 11 is 3.30. The molecule has 2 rings (SSSR count). The summed E-state index contributed by atoms with van der Waals surface area (Å²) in [7, 11) is 0. The Morgan fingerprint density at radius 1 is 1.65 bits per heavy atom. The van der Waals surface area contributed by atoms with E-state index in [9.17, 15) is 9.90 Å². The first-order chi connectivity index (χ1) is 8.06. The third kappa shape index (κ3) is 3.37. The SMILES string of the molecule is NC(=O)C(O)CNc1cc(Br)nc(C2CC2)n1. The number of anilines is 1. The molecule has 4 N–H and O–H groups in total. The average molecular weight is 301 g/mol. The zero-order valence-electron chi connectivity index (χ0n) is 9.06. The molecule has 0 saturated heterocycles. The monoisotopic (exact) mass is 300 g/mol. The van der Waals surface area contributed by atoms with Crippen molar-refractivity contribution >= 4 is 27.7 Å². The summed E-state index contributed by atoms with van der Waals surface area (Å²) in [5.74, 6) is 1.05. The summed E-state index contributed by atoms with van der Waals surface area (Å²) in [6, 6.07) is 1.69. The molecule has 0 aliphatic heterocycles. The average Bonchev–Trinajstić information content (AvgIpc) is 3.08. The lowest BCUT2D eigenvalue weighted by Crippen LogP contribution is -2.34. The fraction of sp³-hybridized carbons (Fsp3) is 0.500. The highest BCUT2D eigenvalue weighted by Gasteiger charge is 2.27. The van der Waals surface area contributed by atoms with Gasteiger partial charge in [0.2, 0.25) is 5.91 Å². The molecular formula is C10H13BrN4O2. The zero-order chi connectivity index (χ0) is 12.4. The Kier molecular flexibility index (Phi) is 3.58. The van der Waals surface area contributed by atoms with Crippen LogP contribution < -0.4 is 11.1 Å². The topological polar surface area (TPSA) is 101 Å². The Morgan fingerprint density at radius 2 is 2.35 bits per heavy atom. The molecule has 0 spiro atoms. The molecule has 92 valence electrons. The van der Waals surface area contributed by atoms with Gasteiger partial charge in [-0.05, 0) is 28.8 Å². The second kappa shape index (κ2) is 4.97. The number of aliphatic hydroxyl groups excluding tert-OH is 1. The van der Waals surface area contributed by atoms with Crippen LogP contribution in [0.4, 0.5) is 5.82 Å². The first-order valence-corrected chi connectivity index (χ1v) is 6.11. The molecule has 1 unspecified atom stereocenters. The number of aliphatic hydroxyl groups is 1. The fourth-order valence-electron chi connectivity index (χ4n) is 1.35. The van der Waals surface area contributed by atoms with Gasteiger partial charge in [0, 0.05) is 12.0 Å². The molecule has 6 nitrogen and oxygen atoms in total. The number of hydrogen-bond donors (Lipinski definition) is 3. The number of carbonyl (C=O) groups is 1. The van der Waals surface area contributed by atoms with E-state index >= 15 is 0 Å². The van der Waals surface area contributed by atoms with Gasteiger partial charge in [-0.25, -0.2) is 9.97 Å². The van der Waals surface area contributed by atoms with Gasteiger partial charge in [-0.3, -0.25) is 4.79 Å². The van der Waals surface area contributed by atoms with Crippen LogP contribution in [0.15, 0.2) is 10.7 Å². The van der Waals surface area contributed by atoms with Crippen LogP contribution in [0.25, 0.3) is 0 Å². The number of nitrogens with two attached hydrogens (primary N) is 1. The summed E-state index contributed by atoms with van der Waals surface area (Å²) in [6.07, 6.45) is 1.01. The van der Waals surface area contributed by atoms with Crippen LogP contribution in [0.2, 0.25) is 0 Å². The van der Waals surface area contributed by atoms with E-state index in [1.54, 1.807) is 6.07 Å². The Balaban J connectivity index is 2.02. The maximum atomic E-state index is 10.7. The molecule has 17 heavy (non-hydrogen) atoms. The van der Waals surface area contributed by atoms with Gasteiger partial charge in [-0.15, -0.1) is 0 Å². The standard InChI is InChI=1S/C10H13BrN4O2/c11-7-3-8(13-4-6(16)9(12)17)15-10(14-7)5-1-2-5/h3,5-6,16H,1-2,4H2,(H2,12,17)(H,13,14,15). The highest BCUT2D eigenvalue weighted by Crippen LogP contribution is 2.38. The molecule has 0 aromatic carbocycles. The molecule has 1 aromatic rings. The highest BCUT2D eigenvalue weighted by atomic mass is 79.9. The lowest BCUT2D eigenvalue weighted by molar-refractivity contribution is -0.125. The van der Waals surface area contributed by atoms with Crippen molar-refractivity contribution in [3.63, 3.8) is 0 Å². The van der Waals surface area contributed by atoms with Crippen LogP contribution >= 0.6 is 15.9 Å². The van der Waals surface area contributed by atoms with E-state index < -0.39 is 12.0 Å². The maximum Gasteiger partial charge on any atom is 0.248 e. The Bertz CT molecular complexity index is 436. The molecule has 1 fully saturated rings. The van der Waals surface area contributed by atoms with Gasteiger partial charge in [0.05, 0.1) is 6.54 Å². The number of halogens is 1. The number of primary amides is 1. The van der Waals surface area contributed by atoms with Gasteiger partial charge in [-0.2, -0.15) is 0 Å². The van der Waals surface area contributed by atoms with Crippen LogP contribution in [0.5, 0.6) is 0 Å². The maximum absolute atomic E-state index is 10.7. The molecule has 1 atom stereocenters. The van der Waals surface area contributed by atoms with Crippen molar-refractivity contribution in [3.05, 3.63) is 16.5 Å². The zero-order valence-corrected chi connectivity index (χ0v) is 10.6. The van der Waals surface area contributed by atoms with Gasteiger partial charge >= 0.3 is 0 Å². The first kappa shape index (κ1) is 12.3. The number of hydrogen-bond acceptors (Lipinski definition) is 5. The summed E-state index contributed by atoms with van der Waals surface area (Å²) < 4.78 is 0.686. The van der Waals surface area contributed by atoms with Crippen LogP contribution in [0.1, 0.15) is 24.6 Å². The van der Waals surface area contributed by atoms with E-state index in [0.717, 1.165) is 18.7 Å². The molecule has 1 aromatic heterocycles. The van der Waals surface area contributed by atoms with Crippen molar-refractivity contribution in [2.24, 2.45) is 5.73 Å². The van der Waals surface area contributed by atoms with Gasteiger partial charge < -0.3 is 16.2 Å². The Labute approximate surface area is 107 Å². The summed E-state index contributed by atoms with van der Waals surface area (Å²) in [6.45, 7) is 0.0445. The Morgan fingerprint density at radius 3 is 2.94 bits per heavy atom. The molecular weight excluding hydrogens is 288 g/mol. The van der Waals surface area contributed by atoms with Gasteiger partial charge in [0.25, 0.3) is 0 Å². The van der Waals surface area contributed by atoms with E-state index in [2.05, 4.69) is 31.2 Å². The summed E-state index contributed by atoms with van der Waals surface area (Å²) in [5, 5.41) is 12.1. The van der Waals surface area contributed by atoms with Crippen molar-refractivity contribution in [1.29, 1.82) is 0 Å². The number of carbonyl (C=O) groups excluding carboxylic acids is 1. The third-order valence-electron chi connectivity index (χ3n) is 2.46. The van der Waals surface area contributed by atoms with E-state index in [1.165, 1.54) is 0 Å². The first-order valence-electron chi connectivity index (χ1n) is 5.32. The minimum Gasteiger partial charge on any atom is -0.381 e. The minimum atomic E-state index is -1.21. The van der Waals surface area contributed by atoms with E-state index in [0.29, 0.717) is 16.3 Å². The molecule has 1 aliphatic carbocycles. The quantitative estimate of drug-likeness (QED) is 0.682. The fourth-order valence-corrected chi connectivity index (χ4v) is 1.75. The number of aromatic nitrogens is 2. The lowest BCUT2D eigenvalue weighted by atomic mass is 10.3. The number of nitrogens with zero attached hydrogens (tertiary/aromatic N) is 2. The summed E-state index contributed by atoms with van der Waals surface area (Å²) in [4.78, 5) is 19.2. The lowest BCUT2D eigenvalue weighted by Gasteiger charge is -2.10. The van der Waals surface area contributed by atoms with Crippen LogP contribution in [-0.2, 0) is 4.79 Å². The van der Waals surface area contributed by atoms with Crippen molar-refractivity contribution in [2.75, 3.05) is 11.9 Å². The molecule has 1 aliphatic rings. The van der Waals surface area contributed by atoms with Crippen molar-refractivity contribution in [3.8, 4) is 0 Å². The van der Waals surface area contributed by atoms with Crippen LogP contribution in [-0.4, -0.2) is 33.6 Å². The summed E-state index contributed by atoms with van der Waals surface area (Å²) in [5.41, 5.74) is 4.95. The largest absolute Gasteiger partial charge is 0.381 e. The molecule has 0 radical (unpaired) electrons. The van der Waals surface area contributed by atoms with Gasteiger partial charge in [0.15, 0.2) is 0 Å². The number of nitrogens with one attached hydrogen (secondary N) is 1. The predicted molar refractivity (Wildman–Crippen MR) is 65.4 cm³/mol. The molecule has 7 heteroatoms. The van der Waals surface area contributed by atoms with E-state index in [4.69, 9.17) is 5.73 Å². The van der Waals surface area contributed by atoms with Crippen LogP contribution in [0, 0.1) is 0 Å². The third-order valence-corrected chi connectivity index (χ3v) is 2.87. The van der Waals surface area contributed by atoms with E-state index in [-0.39, 0.29) is 6.54 Å². The van der Waals surface area contributed by atoms with Crippen LogP contribution in [0.3, 0.4) is 0 Å². The molecule has 1 heterocycles. The predicted octanol–water partition coefficient (Wildman–Crippen LogP) is 0.375. The van der Waals surface area contributed by atoms with E-state index in [1.807, 2.05) is 0 Å². The van der Waals surface area contributed by atoms with Gasteiger partial charge in [-0.1, -0.05) is 0 Å². The Hall–Kier alpha value is -1.21. The van der Waals surface area contributed by atoms with Gasteiger partial charge in [0.1, 0.15) is 22.3 Å². The molecule has 0 bridgehead atoms. The van der Waals surface area contributed by atoms with Crippen molar-refractivity contribution < 1.29 is 9.90 Å². The number of rotatable bonds is 5. The molecule has 1 amide bonds. The smallest absolute Gasteiger partial charge is 0.248 e. The minimum absolute atomic E-state index is 0.0445. The molecule has 1 saturated carbocycles. The second-order valence-electron chi connectivity index (χ2n) is 4.01. The normalized spacial score (nSPS) is 16.6. The van der Waals surface area contributed by atoms with Crippen molar-refractivity contribution in [2.45, 2.75) is 24.9 Å².